The molecule has 0 radical (unpaired) electrons. The predicted octanol–water partition coefficient (Wildman–Crippen LogP) is 5.03. The van der Waals surface area contributed by atoms with Crippen LogP contribution in [0.4, 0.5) is 5.00 Å². The van der Waals surface area contributed by atoms with Crippen LogP contribution in [0.1, 0.15) is 53.1 Å². The van der Waals surface area contributed by atoms with Gasteiger partial charge in [-0.15, -0.1) is 21.5 Å². The Morgan fingerprint density at radius 1 is 1.21 bits per heavy atom. The van der Waals surface area contributed by atoms with Crippen molar-refractivity contribution in [2.45, 2.75) is 57.2 Å². The van der Waals surface area contributed by atoms with Crippen LogP contribution in [-0.2, 0) is 31.3 Å². The molecule has 0 saturated heterocycles. The van der Waals surface area contributed by atoms with Crippen LogP contribution in [0.15, 0.2) is 29.4 Å². The van der Waals surface area contributed by atoms with E-state index in [1.807, 2.05) is 42.8 Å². The molecule has 2 aromatic heterocycles. The third-order valence-corrected chi connectivity index (χ3v) is 7.91. The van der Waals surface area contributed by atoms with E-state index in [-0.39, 0.29) is 11.7 Å². The van der Waals surface area contributed by atoms with Gasteiger partial charge in [-0.25, -0.2) is 0 Å². The lowest BCUT2D eigenvalue weighted by atomic mass is 9.97. The summed E-state index contributed by atoms with van der Waals surface area (Å²) in [5.41, 5.74) is 2.95. The van der Waals surface area contributed by atoms with Gasteiger partial charge in [0.2, 0.25) is 5.91 Å². The van der Waals surface area contributed by atoms with Crippen molar-refractivity contribution in [3.8, 4) is 11.8 Å². The lowest BCUT2D eigenvalue weighted by Crippen LogP contribution is -2.14. The number of hydrogen-bond acceptors (Lipinski definition) is 7. The maximum atomic E-state index is 12.6. The minimum atomic E-state index is -0.147. The van der Waals surface area contributed by atoms with E-state index in [4.69, 9.17) is 4.74 Å². The Morgan fingerprint density at radius 2 is 1.97 bits per heavy atom. The largest absolute Gasteiger partial charge is 0.486 e. The van der Waals surface area contributed by atoms with Crippen LogP contribution in [0.2, 0.25) is 0 Å². The van der Waals surface area contributed by atoms with Crippen LogP contribution < -0.4 is 10.1 Å². The molecule has 0 aliphatic heterocycles. The maximum absolute atomic E-state index is 12.6. The molecule has 3 aromatic rings. The maximum Gasteiger partial charge on any atom is 0.235 e. The average Bonchev–Trinajstić information content (AvgIpc) is 3.30. The number of hydrogen-bond donors (Lipinski definition) is 1. The number of nitriles is 1. The molecule has 0 unspecified atom stereocenters. The number of ether oxygens (including phenoxy) is 1. The molecule has 7 nitrogen and oxygen atoms in total. The highest BCUT2D eigenvalue weighted by Gasteiger charge is 2.21. The fraction of sp³-hybridized carbons (Fsp3) is 0.417. The van der Waals surface area contributed by atoms with Crippen molar-refractivity contribution in [2.75, 3.05) is 11.1 Å². The number of thioether (sulfide) groups is 1. The van der Waals surface area contributed by atoms with Gasteiger partial charge in [0.05, 0.1) is 11.3 Å². The molecule has 1 aromatic carbocycles. The number of benzene rings is 1. The minimum Gasteiger partial charge on any atom is -0.486 e. The highest BCUT2D eigenvalue weighted by atomic mass is 32.2. The number of carbonyl (C=O) groups excluding carboxylic acids is 1. The number of anilines is 1. The number of rotatable bonds is 7. The predicted molar refractivity (Wildman–Crippen MR) is 131 cm³/mol. The van der Waals surface area contributed by atoms with Gasteiger partial charge in [-0.2, -0.15) is 5.26 Å². The summed E-state index contributed by atoms with van der Waals surface area (Å²) in [6, 6.07) is 10.2. The van der Waals surface area contributed by atoms with E-state index in [2.05, 4.69) is 21.6 Å². The van der Waals surface area contributed by atoms with Gasteiger partial charge >= 0.3 is 0 Å². The second kappa shape index (κ2) is 10.9. The third kappa shape index (κ3) is 5.75. The Labute approximate surface area is 202 Å². The van der Waals surface area contributed by atoms with E-state index in [1.165, 1.54) is 35.0 Å². The van der Waals surface area contributed by atoms with E-state index in [9.17, 15) is 10.1 Å². The van der Waals surface area contributed by atoms with Gasteiger partial charge in [0.1, 0.15) is 23.4 Å². The smallest absolute Gasteiger partial charge is 0.235 e. The zero-order valence-corrected chi connectivity index (χ0v) is 20.5. The second-order valence-electron chi connectivity index (χ2n) is 8.13. The molecule has 2 heterocycles. The van der Waals surface area contributed by atoms with Gasteiger partial charge < -0.3 is 14.6 Å². The fourth-order valence-corrected chi connectivity index (χ4v) is 5.78. The molecule has 1 aliphatic carbocycles. The van der Waals surface area contributed by atoms with Gasteiger partial charge in [-0.3, -0.25) is 4.79 Å². The summed E-state index contributed by atoms with van der Waals surface area (Å²) in [4.78, 5) is 13.9. The SMILES string of the molecule is Cc1ccc(OCc2nnc(SCC(=O)Nc3sc4c(c3C#N)CCCCCC4)n2C)cc1. The van der Waals surface area contributed by atoms with Gasteiger partial charge in [0.25, 0.3) is 0 Å². The fourth-order valence-electron chi connectivity index (χ4n) is 3.80. The molecule has 1 aliphatic rings. The van der Waals surface area contributed by atoms with Crippen molar-refractivity contribution in [3.05, 3.63) is 51.7 Å². The summed E-state index contributed by atoms with van der Waals surface area (Å²) in [7, 11) is 1.86. The van der Waals surface area contributed by atoms with Crippen molar-refractivity contribution < 1.29 is 9.53 Å². The van der Waals surface area contributed by atoms with Gasteiger partial charge in [-0.05, 0) is 50.3 Å². The summed E-state index contributed by atoms with van der Waals surface area (Å²) < 4.78 is 7.62. The van der Waals surface area contributed by atoms with Crippen molar-refractivity contribution in [1.82, 2.24) is 14.8 Å². The first-order chi connectivity index (χ1) is 16.0. The van der Waals surface area contributed by atoms with Gasteiger partial charge in [0, 0.05) is 11.9 Å². The number of nitrogens with one attached hydrogen (secondary N) is 1. The van der Waals surface area contributed by atoms with Gasteiger partial charge in [-0.1, -0.05) is 42.3 Å². The Balaban J connectivity index is 1.34. The van der Waals surface area contributed by atoms with Crippen LogP contribution in [0.25, 0.3) is 0 Å². The molecule has 0 atom stereocenters. The minimum absolute atomic E-state index is 0.147. The molecular formula is C24H27N5O2S2. The molecule has 4 rings (SSSR count). The van der Waals surface area contributed by atoms with Crippen LogP contribution >= 0.6 is 23.1 Å². The Hall–Kier alpha value is -2.83. The van der Waals surface area contributed by atoms with Crippen molar-refractivity contribution in [1.29, 1.82) is 5.26 Å². The Morgan fingerprint density at radius 3 is 2.73 bits per heavy atom. The molecule has 0 fully saturated rings. The average molecular weight is 482 g/mol. The lowest BCUT2D eigenvalue weighted by Gasteiger charge is -2.08. The molecular weight excluding hydrogens is 454 g/mol. The van der Waals surface area contributed by atoms with Crippen LogP contribution in [0.5, 0.6) is 5.75 Å². The highest BCUT2D eigenvalue weighted by molar-refractivity contribution is 7.99. The first-order valence-corrected chi connectivity index (χ1v) is 12.9. The molecule has 1 N–H and O–H groups in total. The summed E-state index contributed by atoms with van der Waals surface area (Å²) in [6.07, 6.45) is 6.59. The van der Waals surface area contributed by atoms with E-state index >= 15 is 0 Å². The lowest BCUT2D eigenvalue weighted by molar-refractivity contribution is -0.113. The molecule has 1 amide bonds. The van der Waals surface area contributed by atoms with E-state index in [0.29, 0.717) is 28.2 Å². The second-order valence-corrected chi connectivity index (χ2v) is 10.2. The number of nitrogens with zero attached hydrogens (tertiary/aromatic N) is 4. The number of aryl methyl sites for hydroxylation is 2. The van der Waals surface area contributed by atoms with Crippen molar-refractivity contribution in [2.24, 2.45) is 7.05 Å². The van der Waals surface area contributed by atoms with Crippen molar-refractivity contribution in [3.63, 3.8) is 0 Å². The summed E-state index contributed by atoms with van der Waals surface area (Å²) in [6.45, 7) is 2.33. The number of fused-ring (bicyclic) bond motifs is 1. The first-order valence-electron chi connectivity index (χ1n) is 11.1. The number of thiophene rings is 1. The topological polar surface area (TPSA) is 92.8 Å². The molecule has 0 saturated carbocycles. The molecule has 33 heavy (non-hydrogen) atoms. The van der Waals surface area contributed by atoms with E-state index in [0.717, 1.165) is 37.0 Å². The number of amides is 1. The van der Waals surface area contributed by atoms with Crippen molar-refractivity contribution >= 4 is 34.0 Å². The number of carbonyl (C=O) groups is 1. The Kier molecular flexibility index (Phi) is 7.68. The summed E-state index contributed by atoms with van der Waals surface area (Å²) >= 11 is 2.88. The van der Waals surface area contributed by atoms with E-state index < -0.39 is 0 Å². The zero-order chi connectivity index (χ0) is 23.2. The monoisotopic (exact) mass is 481 g/mol. The third-order valence-electron chi connectivity index (χ3n) is 5.68. The Bertz CT molecular complexity index is 1160. The molecule has 172 valence electrons. The van der Waals surface area contributed by atoms with E-state index in [1.54, 1.807) is 11.3 Å². The quantitative estimate of drug-likeness (QED) is 0.476. The standard InChI is InChI=1S/C24H27N5O2S2/c1-16-9-11-17(12-10-16)31-14-21-27-28-24(29(21)2)32-15-22(30)26-23-19(13-25)18-7-5-3-4-6-8-20(18)33-23/h9-12H,3-8,14-15H2,1-2H3,(H,26,30). The van der Waals surface area contributed by atoms with Crippen LogP contribution in [-0.4, -0.2) is 26.4 Å². The van der Waals surface area contributed by atoms with Gasteiger partial charge in [0.15, 0.2) is 11.0 Å². The molecule has 9 heteroatoms. The van der Waals surface area contributed by atoms with Crippen LogP contribution in [0.3, 0.4) is 0 Å². The summed E-state index contributed by atoms with van der Waals surface area (Å²) in [5, 5.41) is 22.4. The summed E-state index contributed by atoms with van der Waals surface area (Å²) in [5.74, 6) is 1.50. The zero-order valence-electron chi connectivity index (χ0n) is 18.9. The normalized spacial score (nSPS) is 13.5. The highest BCUT2D eigenvalue weighted by Crippen LogP contribution is 2.36. The molecule has 0 spiro atoms. The first kappa shape index (κ1) is 23.3. The number of aromatic nitrogens is 3. The molecule has 0 bridgehead atoms. The van der Waals surface area contributed by atoms with Crippen LogP contribution in [0, 0.1) is 18.3 Å².